The van der Waals surface area contributed by atoms with Crippen molar-refractivity contribution >= 4 is 8.07 Å². The maximum atomic E-state index is 2.50. The summed E-state index contributed by atoms with van der Waals surface area (Å²) in [5, 5.41) is 1.75. The molecule has 0 N–H and O–H groups in total. The molecule has 0 aromatic heterocycles. The van der Waals surface area contributed by atoms with Crippen molar-refractivity contribution in [3.05, 3.63) is 21.9 Å². The summed E-state index contributed by atoms with van der Waals surface area (Å²) in [6.07, 6.45) is 0. The molecule has 0 bridgehead atoms. The van der Waals surface area contributed by atoms with Crippen LogP contribution in [0.4, 0.5) is 0 Å². The first-order chi connectivity index (χ1) is 8.49. The van der Waals surface area contributed by atoms with E-state index in [0.717, 1.165) is 0 Å². The number of hydrogen-bond donors (Lipinski definition) is 0. The minimum atomic E-state index is -1.32. The number of rotatable bonds is 1. The van der Waals surface area contributed by atoms with Gasteiger partial charge in [0.05, 0.1) is 8.07 Å². The molecule has 1 aliphatic carbocycles. The minimum absolute atomic E-state index is 0.244. The summed E-state index contributed by atoms with van der Waals surface area (Å²) < 4.78 is 0. The summed E-state index contributed by atoms with van der Waals surface area (Å²) in [4.78, 5) is 0. The van der Waals surface area contributed by atoms with Crippen LogP contribution in [0.3, 0.4) is 0 Å². The van der Waals surface area contributed by atoms with E-state index >= 15 is 0 Å². The van der Waals surface area contributed by atoms with Gasteiger partial charge in [-0.15, -0.1) is 0 Å². The normalized spacial score (nSPS) is 18.6. The Hall–Kier alpha value is -0.303. The van der Waals surface area contributed by atoms with Gasteiger partial charge in [-0.3, -0.25) is 0 Å². The molecule has 0 saturated heterocycles. The van der Waals surface area contributed by atoms with E-state index in [9.17, 15) is 0 Å². The third-order valence-electron chi connectivity index (χ3n) is 4.00. The second-order valence-electron chi connectivity index (χ2n) is 10.5. The Bertz CT molecular complexity index is 359. The molecule has 0 unspecified atom stereocenters. The topological polar surface area (TPSA) is 0 Å². The van der Waals surface area contributed by atoms with E-state index in [1.807, 2.05) is 0 Å². The van der Waals surface area contributed by atoms with Gasteiger partial charge < -0.3 is 0 Å². The third kappa shape index (κ3) is 3.13. The fraction of sp³-hybridized carbons (Fsp3) is 0.789. The van der Waals surface area contributed by atoms with Crippen LogP contribution in [0.5, 0.6) is 0 Å². The van der Waals surface area contributed by atoms with Crippen LogP contribution in [0.2, 0.25) is 19.6 Å². The van der Waals surface area contributed by atoms with Gasteiger partial charge in [-0.2, -0.15) is 0 Å². The van der Waals surface area contributed by atoms with Crippen molar-refractivity contribution in [2.24, 2.45) is 16.2 Å². The maximum absolute atomic E-state index is 2.50. The van der Waals surface area contributed by atoms with Crippen molar-refractivity contribution in [2.75, 3.05) is 0 Å². The van der Waals surface area contributed by atoms with E-state index in [4.69, 9.17) is 0 Å². The molecule has 0 aromatic rings. The lowest BCUT2D eigenvalue weighted by Crippen LogP contribution is -2.43. The van der Waals surface area contributed by atoms with E-state index in [1.165, 1.54) is 0 Å². The predicted octanol–water partition coefficient (Wildman–Crippen LogP) is 6.61. The second-order valence-corrected chi connectivity index (χ2v) is 15.5. The summed E-state index contributed by atoms with van der Waals surface area (Å²) in [6, 6.07) is 0. The monoisotopic (exact) mass is 292 g/mol. The average Bonchev–Trinajstić information content (AvgIpc) is 1.86. The van der Waals surface area contributed by atoms with Gasteiger partial charge in [0.25, 0.3) is 0 Å². The van der Waals surface area contributed by atoms with Gasteiger partial charge in [0, 0.05) is 0 Å². The van der Waals surface area contributed by atoms with Crippen molar-refractivity contribution in [1.82, 2.24) is 0 Å². The lowest BCUT2D eigenvalue weighted by Gasteiger charge is -2.51. The molecule has 1 rings (SSSR count). The molecule has 0 aliphatic heterocycles. The Morgan fingerprint density at radius 3 is 1.00 bits per heavy atom. The Morgan fingerprint density at radius 1 is 0.500 bits per heavy atom. The summed E-state index contributed by atoms with van der Waals surface area (Å²) in [6.45, 7) is 28.9. The molecule has 20 heavy (non-hydrogen) atoms. The molecular weight excluding hydrogens is 256 g/mol. The summed E-state index contributed by atoms with van der Waals surface area (Å²) in [5.41, 5.74) is 5.76. The second kappa shape index (κ2) is 4.60. The Labute approximate surface area is 128 Å². The van der Waals surface area contributed by atoms with Gasteiger partial charge in [0.1, 0.15) is 0 Å². The van der Waals surface area contributed by atoms with Crippen LogP contribution in [0.1, 0.15) is 62.3 Å². The van der Waals surface area contributed by atoms with Crippen LogP contribution >= 0.6 is 0 Å². The maximum Gasteiger partial charge on any atom is 0.0784 e. The average molecular weight is 293 g/mol. The smallest absolute Gasteiger partial charge is 0.0656 e. The molecule has 0 atom stereocenters. The number of allylic oxidation sites excluding steroid dienone is 4. The highest BCUT2D eigenvalue weighted by Crippen LogP contribution is 2.58. The van der Waals surface area contributed by atoms with Crippen LogP contribution in [0.15, 0.2) is 21.9 Å². The molecule has 0 fully saturated rings. The number of hydrogen-bond acceptors (Lipinski definition) is 0. The lowest BCUT2D eigenvalue weighted by molar-refractivity contribution is 0.397. The van der Waals surface area contributed by atoms with Crippen molar-refractivity contribution in [2.45, 2.75) is 82.0 Å². The molecule has 1 aliphatic rings. The van der Waals surface area contributed by atoms with Gasteiger partial charge in [-0.25, -0.2) is 0 Å². The zero-order chi connectivity index (χ0) is 16.3. The molecular formula is C19H36Si. The summed E-state index contributed by atoms with van der Waals surface area (Å²) in [5.74, 6) is 0. The van der Waals surface area contributed by atoms with Crippen molar-refractivity contribution in [3.8, 4) is 0 Å². The minimum Gasteiger partial charge on any atom is -0.0656 e. The first-order valence-corrected chi connectivity index (χ1v) is 11.5. The summed E-state index contributed by atoms with van der Waals surface area (Å²) >= 11 is 0. The Morgan fingerprint density at radius 2 is 0.800 bits per heavy atom. The quantitative estimate of drug-likeness (QED) is 0.477. The van der Waals surface area contributed by atoms with E-state index in [2.05, 4.69) is 82.0 Å². The van der Waals surface area contributed by atoms with Crippen molar-refractivity contribution in [3.63, 3.8) is 0 Å². The van der Waals surface area contributed by atoms with E-state index in [0.29, 0.717) is 0 Å². The Balaban J connectivity index is 3.65. The standard InChI is InChI=1S/C19H36Si/c1-17(2,3)13-14(18(4,5)6)16(20(10,11)12)15(13)19(7,8)9/h1-12H3. The first-order valence-electron chi connectivity index (χ1n) is 8.00. The molecule has 0 spiro atoms. The van der Waals surface area contributed by atoms with Gasteiger partial charge in [0.2, 0.25) is 0 Å². The van der Waals surface area contributed by atoms with Crippen LogP contribution < -0.4 is 0 Å². The van der Waals surface area contributed by atoms with E-state index in [1.54, 1.807) is 21.9 Å². The highest BCUT2D eigenvalue weighted by atomic mass is 28.3. The van der Waals surface area contributed by atoms with Crippen LogP contribution in [0, 0.1) is 16.2 Å². The fourth-order valence-electron chi connectivity index (χ4n) is 3.44. The highest BCUT2D eigenvalue weighted by Gasteiger charge is 2.47. The third-order valence-corrected chi connectivity index (χ3v) is 6.00. The zero-order valence-corrected chi connectivity index (χ0v) is 17.0. The van der Waals surface area contributed by atoms with Crippen LogP contribution in [-0.4, -0.2) is 8.07 Å². The van der Waals surface area contributed by atoms with E-state index < -0.39 is 8.07 Å². The van der Waals surface area contributed by atoms with E-state index in [-0.39, 0.29) is 16.2 Å². The Kier molecular flexibility index (Phi) is 4.08. The predicted molar refractivity (Wildman–Crippen MR) is 95.8 cm³/mol. The molecule has 0 nitrogen and oxygen atoms in total. The molecule has 0 aromatic carbocycles. The largest absolute Gasteiger partial charge is 0.0784 e. The molecule has 116 valence electrons. The van der Waals surface area contributed by atoms with Crippen LogP contribution in [0.25, 0.3) is 0 Å². The molecule has 0 radical (unpaired) electrons. The molecule has 0 heterocycles. The first kappa shape index (κ1) is 17.7. The summed E-state index contributed by atoms with van der Waals surface area (Å²) in [7, 11) is -1.32. The van der Waals surface area contributed by atoms with Crippen molar-refractivity contribution in [1.29, 1.82) is 0 Å². The molecule has 0 saturated carbocycles. The fourth-order valence-corrected chi connectivity index (χ4v) is 5.94. The van der Waals surface area contributed by atoms with Gasteiger partial charge in [0.15, 0.2) is 0 Å². The molecule has 1 heteroatoms. The SMILES string of the molecule is CC(C)(C)C1=C(C(C)(C)C)C([Si](C)(C)C)=C1C(C)(C)C. The lowest BCUT2D eigenvalue weighted by atomic mass is 9.60. The van der Waals surface area contributed by atoms with Crippen LogP contribution in [-0.2, 0) is 0 Å². The van der Waals surface area contributed by atoms with Gasteiger partial charge in [-0.05, 0) is 33.0 Å². The highest BCUT2D eigenvalue weighted by molar-refractivity contribution is 6.84. The zero-order valence-electron chi connectivity index (χ0n) is 16.0. The van der Waals surface area contributed by atoms with Gasteiger partial charge >= 0.3 is 0 Å². The van der Waals surface area contributed by atoms with Crippen molar-refractivity contribution < 1.29 is 0 Å². The molecule has 0 amide bonds. The van der Waals surface area contributed by atoms with Gasteiger partial charge in [-0.1, -0.05) is 87.2 Å².